The van der Waals surface area contributed by atoms with E-state index in [0.29, 0.717) is 0 Å². The first-order valence-corrected chi connectivity index (χ1v) is 10.8. The fourth-order valence-corrected chi connectivity index (χ4v) is 5.44. The fourth-order valence-electron chi connectivity index (χ4n) is 5.44. The van der Waals surface area contributed by atoms with Crippen LogP contribution in [-0.2, 0) is 12.8 Å². The summed E-state index contributed by atoms with van der Waals surface area (Å²) in [5, 5.41) is 15.7. The van der Waals surface area contributed by atoms with E-state index in [-0.39, 0.29) is 23.3 Å². The second-order valence-corrected chi connectivity index (χ2v) is 8.94. The van der Waals surface area contributed by atoms with Crippen LogP contribution < -0.4 is 0 Å². The van der Waals surface area contributed by atoms with Crippen molar-refractivity contribution in [1.82, 2.24) is 9.78 Å². The number of benzene rings is 2. The van der Waals surface area contributed by atoms with Gasteiger partial charge in [-0.25, -0.2) is 9.07 Å². The maximum absolute atomic E-state index is 13.3. The van der Waals surface area contributed by atoms with Gasteiger partial charge in [0, 0.05) is 0 Å². The number of fused-ring (bicyclic) bond motifs is 2. The molecule has 1 saturated carbocycles. The Morgan fingerprint density at radius 1 is 1.17 bits per heavy atom. The lowest BCUT2D eigenvalue weighted by Crippen LogP contribution is -2.36. The SMILES string of the molecule is C[C@]12Cc3cnn(-c4ccc(F)cc4)c3C=C1CC[C@@H]2[C@H](O)CCc1ccccc1. The molecule has 1 fully saturated rings. The lowest BCUT2D eigenvalue weighted by Gasteiger charge is -2.38. The minimum atomic E-state index is -0.310. The van der Waals surface area contributed by atoms with Gasteiger partial charge in [0.05, 0.1) is 23.7 Å². The normalized spacial score (nSPS) is 23.6. The Kier molecular flexibility index (Phi) is 4.82. The van der Waals surface area contributed by atoms with E-state index in [4.69, 9.17) is 0 Å². The Morgan fingerprint density at radius 2 is 1.93 bits per heavy atom. The number of hydrogen-bond donors (Lipinski definition) is 1. The minimum absolute atomic E-state index is 0.0280. The highest BCUT2D eigenvalue weighted by molar-refractivity contribution is 5.62. The number of halogens is 1. The zero-order valence-corrected chi connectivity index (χ0v) is 17.3. The Balaban J connectivity index is 1.38. The van der Waals surface area contributed by atoms with Crippen molar-refractivity contribution >= 4 is 6.08 Å². The standard InChI is InChI=1S/C26H27FN2O/c1-26-16-19-17-28-29(22-11-9-21(27)10-12-22)24(19)15-20(26)8-13-23(26)25(30)14-7-18-5-3-2-4-6-18/h2-6,9-12,15,17,23,25,30H,7-8,13-14,16H2,1H3/t23-,25-,26+/m1/s1. The highest BCUT2D eigenvalue weighted by atomic mass is 19.1. The van der Waals surface area contributed by atoms with Gasteiger partial charge in [-0.1, -0.05) is 42.8 Å². The Morgan fingerprint density at radius 3 is 2.70 bits per heavy atom. The fraction of sp³-hybridized carbons (Fsp3) is 0.346. The molecule has 0 amide bonds. The number of rotatable bonds is 5. The van der Waals surface area contributed by atoms with Crippen LogP contribution in [0, 0.1) is 17.2 Å². The van der Waals surface area contributed by atoms with Crippen LogP contribution in [-0.4, -0.2) is 21.0 Å². The van der Waals surface area contributed by atoms with Crippen molar-refractivity contribution in [2.24, 2.45) is 11.3 Å². The zero-order valence-electron chi connectivity index (χ0n) is 17.3. The van der Waals surface area contributed by atoms with Crippen LogP contribution in [0.5, 0.6) is 0 Å². The van der Waals surface area contributed by atoms with Crippen molar-refractivity contribution in [3.05, 3.63) is 89.0 Å². The summed E-state index contributed by atoms with van der Waals surface area (Å²) in [5.41, 5.74) is 5.82. The Bertz CT molecular complexity index is 1070. The monoisotopic (exact) mass is 402 g/mol. The molecule has 3 aromatic rings. The molecule has 2 aliphatic rings. The van der Waals surface area contributed by atoms with Crippen molar-refractivity contribution in [2.45, 2.75) is 45.1 Å². The molecule has 0 radical (unpaired) electrons. The van der Waals surface area contributed by atoms with Gasteiger partial charge in [-0.3, -0.25) is 0 Å². The second kappa shape index (κ2) is 7.51. The van der Waals surface area contributed by atoms with E-state index in [9.17, 15) is 9.50 Å². The minimum Gasteiger partial charge on any atom is -0.393 e. The smallest absolute Gasteiger partial charge is 0.123 e. The summed E-state index contributed by atoms with van der Waals surface area (Å²) >= 11 is 0. The Labute approximate surface area is 176 Å². The van der Waals surface area contributed by atoms with Crippen molar-refractivity contribution in [1.29, 1.82) is 0 Å². The summed E-state index contributed by atoms with van der Waals surface area (Å²) in [7, 11) is 0. The summed E-state index contributed by atoms with van der Waals surface area (Å²) < 4.78 is 15.2. The number of allylic oxidation sites excluding steroid dienone is 1. The third-order valence-electron chi connectivity index (χ3n) is 7.14. The van der Waals surface area contributed by atoms with Crippen LogP contribution in [0.1, 0.15) is 43.0 Å². The van der Waals surface area contributed by atoms with Gasteiger partial charge in [-0.05, 0) is 84.9 Å². The summed E-state index contributed by atoms with van der Waals surface area (Å²) in [4.78, 5) is 0. The molecular formula is C26H27FN2O. The molecule has 1 aromatic heterocycles. The number of aryl methyl sites for hydroxylation is 1. The van der Waals surface area contributed by atoms with Gasteiger partial charge in [0.2, 0.25) is 0 Å². The summed E-state index contributed by atoms with van der Waals surface area (Å²) in [6, 6.07) is 16.9. The van der Waals surface area contributed by atoms with Gasteiger partial charge >= 0.3 is 0 Å². The maximum Gasteiger partial charge on any atom is 0.123 e. The molecule has 0 bridgehead atoms. The summed E-state index contributed by atoms with van der Waals surface area (Å²) in [6.45, 7) is 2.31. The van der Waals surface area contributed by atoms with Gasteiger partial charge in [-0.2, -0.15) is 5.10 Å². The van der Waals surface area contributed by atoms with Crippen molar-refractivity contribution in [3.63, 3.8) is 0 Å². The van der Waals surface area contributed by atoms with Gasteiger partial charge in [0.25, 0.3) is 0 Å². The summed E-state index contributed by atoms with van der Waals surface area (Å²) in [6.07, 6.45) is 8.50. The topological polar surface area (TPSA) is 38.0 Å². The molecule has 3 atom stereocenters. The third kappa shape index (κ3) is 3.29. The number of nitrogens with zero attached hydrogens (tertiary/aromatic N) is 2. The molecule has 0 spiro atoms. The van der Waals surface area contributed by atoms with E-state index >= 15 is 0 Å². The largest absolute Gasteiger partial charge is 0.393 e. The molecular weight excluding hydrogens is 375 g/mol. The predicted molar refractivity (Wildman–Crippen MR) is 117 cm³/mol. The zero-order chi connectivity index (χ0) is 20.7. The molecule has 1 heterocycles. The van der Waals surface area contributed by atoms with E-state index in [0.717, 1.165) is 43.5 Å². The predicted octanol–water partition coefficient (Wildman–Crippen LogP) is 5.36. The number of hydrogen-bond acceptors (Lipinski definition) is 2. The van der Waals surface area contributed by atoms with Crippen molar-refractivity contribution in [2.75, 3.05) is 0 Å². The van der Waals surface area contributed by atoms with E-state index in [2.05, 4.69) is 42.4 Å². The van der Waals surface area contributed by atoms with Gasteiger partial charge in [0.1, 0.15) is 5.82 Å². The van der Waals surface area contributed by atoms with E-state index in [1.54, 1.807) is 12.1 Å². The lowest BCUT2D eigenvalue weighted by atomic mass is 9.67. The highest BCUT2D eigenvalue weighted by Gasteiger charge is 2.48. The van der Waals surface area contributed by atoms with Crippen molar-refractivity contribution in [3.8, 4) is 5.69 Å². The molecule has 1 N–H and O–H groups in total. The van der Waals surface area contributed by atoms with Crippen LogP contribution in [0.25, 0.3) is 11.8 Å². The first-order valence-electron chi connectivity index (χ1n) is 10.8. The quantitative estimate of drug-likeness (QED) is 0.624. The summed E-state index contributed by atoms with van der Waals surface area (Å²) in [5.74, 6) is 0.0172. The molecule has 0 aliphatic heterocycles. The van der Waals surface area contributed by atoms with Crippen LogP contribution in [0.4, 0.5) is 4.39 Å². The number of aliphatic hydroxyl groups excluding tert-OH is 1. The van der Waals surface area contributed by atoms with E-state index in [1.165, 1.54) is 28.8 Å². The third-order valence-corrected chi connectivity index (χ3v) is 7.14. The molecule has 0 unspecified atom stereocenters. The van der Waals surface area contributed by atoms with Crippen LogP contribution >= 0.6 is 0 Å². The van der Waals surface area contributed by atoms with E-state index < -0.39 is 0 Å². The van der Waals surface area contributed by atoms with Crippen molar-refractivity contribution < 1.29 is 9.50 Å². The molecule has 5 rings (SSSR count). The molecule has 2 aliphatic carbocycles. The average molecular weight is 403 g/mol. The van der Waals surface area contributed by atoms with Crippen LogP contribution in [0.2, 0.25) is 0 Å². The van der Waals surface area contributed by atoms with Crippen LogP contribution in [0.15, 0.2) is 66.4 Å². The molecule has 3 nitrogen and oxygen atoms in total. The van der Waals surface area contributed by atoms with Gasteiger partial charge < -0.3 is 5.11 Å². The molecule has 154 valence electrons. The molecule has 0 saturated heterocycles. The average Bonchev–Trinajstić information content (AvgIpc) is 3.31. The maximum atomic E-state index is 13.3. The molecule has 4 heteroatoms. The van der Waals surface area contributed by atoms with E-state index in [1.807, 2.05) is 16.9 Å². The van der Waals surface area contributed by atoms with Crippen LogP contribution in [0.3, 0.4) is 0 Å². The lowest BCUT2D eigenvalue weighted by molar-refractivity contribution is 0.0500. The Hall–Kier alpha value is -2.72. The van der Waals surface area contributed by atoms with Gasteiger partial charge in [0.15, 0.2) is 0 Å². The number of aromatic nitrogens is 2. The highest BCUT2D eigenvalue weighted by Crippen LogP contribution is 2.54. The van der Waals surface area contributed by atoms with Gasteiger partial charge in [-0.15, -0.1) is 0 Å². The second-order valence-electron chi connectivity index (χ2n) is 8.94. The molecule has 2 aromatic carbocycles. The number of aliphatic hydroxyl groups is 1. The molecule has 30 heavy (non-hydrogen) atoms. The first-order chi connectivity index (χ1) is 14.5. The first kappa shape index (κ1) is 19.3.